The van der Waals surface area contributed by atoms with Gasteiger partial charge in [-0.05, 0) is 44.4 Å². The van der Waals surface area contributed by atoms with Gasteiger partial charge in [0, 0.05) is 17.3 Å². The molecule has 0 spiro atoms. The number of halogens is 1. The van der Waals surface area contributed by atoms with Crippen molar-refractivity contribution in [3.8, 4) is 23.5 Å². The van der Waals surface area contributed by atoms with E-state index in [0.29, 0.717) is 22.0 Å². The summed E-state index contributed by atoms with van der Waals surface area (Å²) in [5.74, 6) is 0.389. The monoisotopic (exact) mass is 439 g/mol. The SMILES string of the molecule is Cc1c(C#N)c(NC(=O)COc2nc(-c3ccccc3Cl)no2)n(C2CCCC2)c1C. The highest BCUT2D eigenvalue weighted by molar-refractivity contribution is 6.33. The van der Waals surface area contributed by atoms with Crippen molar-refractivity contribution in [1.29, 1.82) is 5.26 Å². The zero-order valence-corrected chi connectivity index (χ0v) is 18.1. The lowest BCUT2D eigenvalue weighted by Gasteiger charge is -2.19. The Balaban J connectivity index is 1.47. The average Bonchev–Trinajstić information content (AvgIpc) is 3.49. The molecule has 8 nitrogen and oxygen atoms in total. The third kappa shape index (κ3) is 4.14. The number of nitrogens with zero attached hydrogens (tertiary/aromatic N) is 4. The molecular weight excluding hydrogens is 418 g/mol. The maximum absolute atomic E-state index is 12.6. The van der Waals surface area contributed by atoms with E-state index in [1.54, 1.807) is 18.2 Å². The van der Waals surface area contributed by atoms with E-state index < -0.39 is 5.91 Å². The molecule has 31 heavy (non-hydrogen) atoms. The summed E-state index contributed by atoms with van der Waals surface area (Å²) in [4.78, 5) is 16.7. The molecule has 1 aliphatic rings. The van der Waals surface area contributed by atoms with E-state index in [1.807, 2.05) is 19.9 Å². The van der Waals surface area contributed by atoms with Crippen LogP contribution in [-0.4, -0.2) is 27.2 Å². The molecule has 4 rings (SSSR count). The van der Waals surface area contributed by atoms with Gasteiger partial charge in [0.1, 0.15) is 11.9 Å². The number of nitriles is 1. The molecule has 1 aliphatic carbocycles. The second-order valence-corrected chi connectivity index (χ2v) is 7.96. The maximum atomic E-state index is 12.6. The molecule has 2 aromatic heterocycles. The summed E-state index contributed by atoms with van der Waals surface area (Å²) in [6, 6.07) is 9.59. The van der Waals surface area contributed by atoms with Gasteiger partial charge in [-0.2, -0.15) is 10.2 Å². The first-order valence-electron chi connectivity index (χ1n) is 10.1. The number of carbonyl (C=O) groups is 1. The van der Waals surface area contributed by atoms with E-state index >= 15 is 0 Å². The molecule has 0 bridgehead atoms. The van der Waals surface area contributed by atoms with Gasteiger partial charge in [-0.15, -0.1) is 0 Å². The van der Waals surface area contributed by atoms with E-state index in [0.717, 1.165) is 36.9 Å². The van der Waals surface area contributed by atoms with Crippen molar-refractivity contribution in [3.63, 3.8) is 0 Å². The highest BCUT2D eigenvalue weighted by Crippen LogP contribution is 2.37. The molecule has 1 saturated carbocycles. The molecule has 0 saturated heterocycles. The molecule has 2 heterocycles. The van der Waals surface area contributed by atoms with E-state index in [1.165, 1.54) is 0 Å². The van der Waals surface area contributed by atoms with Gasteiger partial charge < -0.3 is 14.6 Å². The second-order valence-electron chi connectivity index (χ2n) is 7.55. The van der Waals surface area contributed by atoms with Crippen LogP contribution in [0.5, 0.6) is 6.08 Å². The Morgan fingerprint density at radius 1 is 1.35 bits per heavy atom. The second kappa shape index (κ2) is 8.82. The summed E-state index contributed by atoms with van der Waals surface area (Å²) in [6.45, 7) is 3.55. The Kier molecular flexibility index (Phi) is 5.96. The number of rotatable bonds is 6. The maximum Gasteiger partial charge on any atom is 0.418 e. The number of ether oxygens (including phenoxy) is 1. The van der Waals surface area contributed by atoms with Gasteiger partial charge in [-0.1, -0.05) is 41.7 Å². The number of anilines is 1. The minimum absolute atomic E-state index is 0.135. The van der Waals surface area contributed by atoms with Gasteiger partial charge in [0.15, 0.2) is 6.61 Å². The molecular formula is C22H22ClN5O3. The van der Waals surface area contributed by atoms with Gasteiger partial charge in [0.25, 0.3) is 5.91 Å². The van der Waals surface area contributed by atoms with Crippen molar-refractivity contribution in [3.05, 3.63) is 46.1 Å². The van der Waals surface area contributed by atoms with E-state index in [4.69, 9.17) is 20.9 Å². The summed E-state index contributed by atoms with van der Waals surface area (Å²) in [6.07, 6.45) is 4.22. The van der Waals surface area contributed by atoms with Crippen LogP contribution in [0.3, 0.4) is 0 Å². The number of benzene rings is 1. The van der Waals surface area contributed by atoms with Gasteiger partial charge >= 0.3 is 6.08 Å². The summed E-state index contributed by atoms with van der Waals surface area (Å²) in [7, 11) is 0. The van der Waals surface area contributed by atoms with Crippen molar-refractivity contribution < 1.29 is 14.1 Å². The van der Waals surface area contributed by atoms with Crippen LogP contribution in [-0.2, 0) is 4.79 Å². The molecule has 1 N–H and O–H groups in total. The lowest BCUT2D eigenvalue weighted by atomic mass is 10.2. The Hall–Kier alpha value is -3.31. The number of amides is 1. The topological polar surface area (TPSA) is 106 Å². The predicted molar refractivity (Wildman–Crippen MR) is 115 cm³/mol. The fourth-order valence-electron chi connectivity index (χ4n) is 4.02. The molecule has 0 atom stereocenters. The number of aromatic nitrogens is 3. The Morgan fingerprint density at radius 3 is 2.81 bits per heavy atom. The first-order chi connectivity index (χ1) is 15.0. The summed E-state index contributed by atoms with van der Waals surface area (Å²) in [5, 5.41) is 16.8. The molecule has 0 aliphatic heterocycles. The van der Waals surface area contributed by atoms with Crippen molar-refractivity contribution in [1.82, 2.24) is 14.7 Å². The third-order valence-corrected chi connectivity index (χ3v) is 5.99. The standard InChI is InChI=1S/C22H22ClN5O3/c1-13-14(2)28(15-7-3-4-8-15)21(17(13)11-24)25-19(29)12-30-22-26-20(27-31-22)16-9-5-6-10-18(16)23/h5-6,9-10,15H,3-4,7-8,12H2,1-2H3,(H,25,29). The molecule has 0 radical (unpaired) electrons. The summed E-state index contributed by atoms with van der Waals surface area (Å²) in [5.41, 5.74) is 2.97. The zero-order valence-electron chi connectivity index (χ0n) is 17.3. The van der Waals surface area contributed by atoms with Gasteiger partial charge in [0.2, 0.25) is 5.82 Å². The van der Waals surface area contributed by atoms with Crippen LogP contribution in [0.4, 0.5) is 5.82 Å². The third-order valence-electron chi connectivity index (χ3n) is 5.67. The van der Waals surface area contributed by atoms with Crippen molar-refractivity contribution in [2.75, 3.05) is 11.9 Å². The number of carbonyl (C=O) groups excluding carboxylic acids is 1. The van der Waals surface area contributed by atoms with Gasteiger partial charge in [-0.25, -0.2) is 0 Å². The number of hydrogen-bond acceptors (Lipinski definition) is 6. The predicted octanol–water partition coefficient (Wildman–Crippen LogP) is 4.81. The smallest absolute Gasteiger partial charge is 0.418 e. The Bertz CT molecular complexity index is 1150. The lowest BCUT2D eigenvalue weighted by Crippen LogP contribution is -2.23. The van der Waals surface area contributed by atoms with Crippen LogP contribution < -0.4 is 10.1 Å². The lowest BCUT2D eigenvalue weighted by molar-refractivity contribution is -0.118. The van der Waals surface area contributed by atoms with Crippen LogP contribution >= 0.6 is 11.6 Å². The van der Waals surface area contributed by atoms with Crippen LogP contribution in [0.25, 0.3) is 11.4 Å². The highest BCUT2D eigenvalue weighted by atomic mass is 35.5. The minimum atomic E-state index is -0.411. The van der Waals surface area contributed by atoms with Gasteiger partial charge in [-0.3, -0.25) is 9.32 Å². The summed E-state index contributed by atoms with van der Waals surface area (Å²) < 4.78 is 12.5. The van der Waals surface area contributed by atoms with Crippen molar-refractivity contribution in [2.45, 2.75) is 45.6 Å². The van der Waals surface area contributed by atoms with Crippen LogP contribution in [0.15, 0.2) is 28.8 Å². The molecule has 3 aromatic rings. The largest absolute Gasteiger partial charge is 0.439 e. The van der Waals surface area contributed by atoms with E-state index in [2.05, 4.69) is 26.1 Å². The van der Waals surface area contributed by atoms with Crippen molar-refractivity contribution >= 4 is 23.3 Å². The Labute approximate surface area is 184 Å². The van der Waals surface area contributed by atoms with E-state index in [-0.39, 0.29) is 24.5 Å². The van der Waals surface area contributed by atoms with Crippen LogP contribution in [0, 0.1) is 25.2 Å². The number of nitrogens with one attached hydrogen (secondary N) is 1. The van der Waals surface area contributed by atoms with Gasteiger partial charge in [0.05, 0.1) is 10.6 Å². The fraction of sp³-hybridized carbons (Fsp3) is 0.364. The average molecular weight is 440 g/mol. The van der Waals surface area contributed by atoms with Crippen LogP contribution in [0.2, 0.25) is 5.02 Å². The summed E-state index contributed by atoms with van der Waals surface area (Å²) >= 11 is 6.14. The fourth-order valence-corrected chi connectivity index (χ4v) is 4.24. The molecule has 160 valence electrons. The quantitative estimate of drug-likeness (QED) is 0.590. The molecule has 9 heteroatoms. The molecule has 1 amide bonds. The van der Waals surface area contributed by atoms with Crippen molar-refractivity contribution in [2.24, 2.45) is 0 Å². The first-order valence-corrected chi connectivity index (χ1v) is 10.5. The van der Waals surface area contributed by atoms with E-state index in [9.17, 15) is 10.1 Å². The number of hydrogen-bond donors (Lipinski definition) is 1. The van der Waals surface area contributed by atoms with Crippen LogP contribution in [0.1, 0.15) is 48.5 Å². The molecule has 1 fully saturated rings. The minimum Gasteiger partial charge on any atom is -0.439 e. The molecule has 0 unspecified atom stereocenters. The zero-order chi connectivity index (χ0) is 22.0. The first kappa shape index (κ1) is 20.9. The normalized spacial score (nSPS) is 13.9. The molecule has 1 aromatic carbocycles. The highest BCUT2D eigenvalue weighted by Gasteiger charge is 2.27. The Morgan fingerprint density at radius 2 is 2.10 bits per heavy atom.